The third-order valence-electron chi connectivity index (χ3n) is 3.79. The Morgan fingerprint density at radius 3 is 2.37 bits per heavy atom. The molecule has 5 nitrogen and oxygen atoms in total. The summed E-state index contributed by atoms with van der Waals surface area (Å²) in [7, 11) is 6.30. The number of hydrogen-bond donors (Lipinski definition) is 1. The van der Waals surface area contributed by atoms with Gasteiger partial charge in [-0.2, -0.15) is 13.2 Å². The van der Waals surface area contributed by atoms with Crippen molar-refractivity contribution in [2.75, 3.05) is 33.6 Å². The topological polar surface area (TPSA) is 50.8 Å². The Labute approximate surface area is 155 Å². The molecule has 0 aliphatic carbocycles. The van der Waals surface area contributed by atoms with Crippen LogP contribution in [0.1, 0.15) is 21.5 Å². The number of ether oxygens (including phenoxy) is 2. The quantitative estimate of drug-likeness (QED) is 0.755. The fourth-order valence-corrected chi connectivity index (χ4v) is 2.69. The van der Waals surface area contributed by atoms with Crippen LogP contribution in [0.5, 0.6) is 5.75 Å². The molecule has 0 fully saturated rings. The van der Waals surface area contributed by atoms with Crippen LogP contribution in [0, 0.1) is 0 Å². The van der Waals surface area contributed by atoms with Crippen molar-refractivity contribution >= 4 is 17.3 Å². The van der Waals surface area contributed by atoms with Crippen LogP contribution in [0.2, 0.25) is 0 Å². The van der Waals surface area contributed by atoms with Crippen molar-refractivity contribution < 1.29 is 27.4 Å². The number of benzene rings is 2. The molecule has 0 unspecified atom stereocenters. The normalized spacial score (nSPS) is 11.4. The Balaban J connectivity index is 2.50. The van der Waals surface area contributed by atoms with Crippen LogP contribution in [0.15, 0.2) is 36.4 Å². The lowest BCUT2D eigenvalue weighted by molar-refractivity contribution is -0.137. The number of nitrogens with one attached hydrogen (secondary N) is 1. The molecule has 0 saturated carbocycles. The van der Waals surface area contributed by atoms with Gasteiger partial charge in [0, 0.05) is 6.54 Å². The van der Waals surface area contributed by atoms with Crippen molar-refractivity contribution in [3.8, 4) is 5.75 Å². The van der Waals surface area contributed by atoms with Crippen LogP contribution in [0.25, 0.3) is 0 Å². The standard InChI is InChI=1S/C19H21F3N2O3/c1-24(2)11-12-8-9-14(16(10-12)26-3)23-15-7-5-6-13(18(25)27-4)17(15)19(20,21)22/h5-10,23H,11H2,1-4H3. The van der Waals surface area contributed by atoms with Gasteiger partial charge in [-0.05, 0) is 43.9 Å². The molecule has 0 saturated heterocycles. The molecule has 2 rings (SSSR count). The number of alkyl halides is 3. The average molecular weight is 382 g/mol. The van der Waals surface area contributed by atoms with Crippen LogP contribution in [-0.2, 0) is 17.5 Å². The summed E-state index contributed by atoms with van der Waals surface area (Å²) in [5, 5.41) is 2.73. The zero-order valence-corrected chi connectivity index (χ0v) is 15.5. The summed E-state index contributed by atoms with van der Waals surface area (Å²) >= 11 is 0. The molecule has 1 N–H and O–H groups in total. The first-order valence-corrected chi connectivity index (χ1v) is 8.04. The summed E-state index contributed by atoms with van der Waals surface area (Å²) in [5.41, 5.74) is -0.604. The number of esters is 1. The first-order valence-electron chi connectivity index (χ1n) is 8.04. The highest BCUT2D eigenvalue weighted by Crippen LogP contribution is 2.40. The zero-order chi connectivity index (χ0) is 20.2. The van der Waals surface area contributed by atoms with Gasteiger partial charge in [-0.25, -0.2) is 4.79 Å². The Morgan fingerprint density at radius 1 is 1.11 bits per heavy atom. The largest absolute Gasteiger partial charge is 0.495 e. The fraction of sp³-hybridized carbons (Fsp3) is 0.316. The zero-order valence-electron chi connectivity index (χ0n) is 15.5. The molecule has 0 atom stereocenters. The molecule has 0 bridgehead atoms. The first kappa shape index (κ1) is 20.6. The highest BCUT2D eigenvalue weighted by atomic mass is 19.4. The van der Waals surface area contributed by atoms with Gasteiger partial charge in [-0.1, -0.05) is 12.1 Å². The fourth-order valence-electron chi connectivity index (χ4n) is 2.69. The van der Waals surface area contributed by atoms with E-state index in [0.29, 0.717) is 18.0 Å². The number of hydrogen-bond acceptors (Lipinski definition) is 5. The van der Waals surface area contributed by atoms with Crippen LogP contribution >= 0.6 is 0 Å². The van der Waals surface area contributed by atoms with Crippen molar-refractivity contribution in [2.24, 2.45) is 0 Å². The number of carbonyl (C=O) groups is 1. The predicted octanol–water partition coefficient (Wildman–Crippen LogP) is 4.31. The molecule has 27 heavy (non-hydrogen) atoms. The van der Waals surface area contributed by atoms with Gasteiger partial charge >= 0.3 is 12.1 Å². The lowest BCUT2D eigenvalue weighted by atomic mass is 10.0. The monoisotopic (exact) mass is 382 g/mol. The Hall–Kier alpha value is -2.74. The third kappa shape index (κ3) is 4.91. The van der Waals surface area contributed by atoms with Crippen molar-refractivity contribution in [2.45, 2.75) is 12.7 Å². The summed E-state index contributed by atoms with van der Waals surface area (Å²) in [5.74, 6) is -0.662. The van der Waals surface area contributed by atoms with E-state index in [1.807, 2.05) is 19.0 Å². The maximum absolute atomic E-state index is 13.6. The molecule has 8 heteroatoms. The van der Waals surface area contributed by atoms with E-state index in [1.165, 1.54) is 19.2 Å². The SMILES string of the molecule is COC(=O)c1cccc(Nc2ccc(CN(C)C)cc2OC)c1C(F)(F)F. The first-order chi connectivity index (χ1) is 12.7. The molecular formula is C19H21F3N2O3. The number of nitrogens with zero attached hydrogens (tertiary/aromatic N) is 1. The van der Waals surface area contributed by atoms with Gasteiger partial charge in [-0.3, -0.25) is 0 Å². The second-order valence-corrected chi connectivity index (χ2v) is 6.11. The lowest BCUT2D eigenvalue weighted by Gasteiger charge is -2.19. The van der Waals surface area contributed by atoms with Gasteiger partial charge < -0.3 is 19.7 Å². The highest BCUT2D eigenvalue weighted by molar-refractivity contribution is 5.93. The van der Waals surface area contributed by atoms with E-state index in [4.69, 9.17) is 4.74 Å². The molecule has 0 aliphatic heterocycles. The molecule has 0 aromatic heterocycles. The van der Waals surface area contributed by atoms with E-state index in [9.17, 15) is 18.0 Å². The molecule has 0 aliphatic rings. The number of carbonyl (C=O) groups excluding carboxylic acids is 1. The van der Waals surface area contributed by atoms with E-state index in [1.54, 1.807) is 18.2 Å². The van der Waals surface area contributed by atoms with E-state index in [-0.39, 0.29) is 5.69 Å². The second kappa shape index (κ2) is 8.30. The third-order valence-corrected chi connectivity index (χ3v) is 3.79. The molecule has 0 radical (unpaired) electrons. The summed E-state index contributed by atoms with van der Waals surface area (Å²) in [6.07, 6.45) is -4.74. The van der Waals surface area contributed by atoms with Crippen LogP contribution < -0.4 is 10.1 Å². The maximum Gasteiger partial charge on any atom is 0.419 e. The Morgan fingerprint density at radius 2 is 1.81 bits per heavy atom. The molecule has 2 aromatic rings. The minimum atomic E-state index is -4.74. The van der Waals surface area contributed by atoms with Crippen molar-refractivity contribution in [1.82, 2.24) is 4.90 Å². The lowest BCUT2D eigenvalue weighted by Crippen LogP contribution is -2.16. The van der Waals surface area contributed by atoms with Crippen molar-refractivity contribution in [1.29, 1.82) is 0 Å². The average Bonchev–Trinajstić information content (AvgIpc) is 2.60. The molecule has 0 heterocycles. The smallest absolute Gasteiger partial charge is 0.419 e. The molecule has 2 aromatic carbocycles. The Kier molecular flexibility index (Phi) is 6.32. The van der Waals surface area contributed by atoms with Gasteiger partial charge in [0.25, 0.3) is 0 Å². The van der Waals surface area contributed by atoms with E-state index < -0.39 is 23.3 Å². The van der Waals surface area contributed by atoms with Crippen LogP contribution in [0.3, 0.4) is 0 Å². The van der Waals surface area contributed by atoms with E-state index in [0.717, 1.165) is 18.7 Å². The summed E-state index contributed by atoms with van der Waals surface area (Å²) < 4.78 is 50.6. The summed E-state index contributed by atoms with van der Waals surface area (Å²) in [6, 6.07) is 8.88. The van der Waals surface area contributed by atoms with Crippen LogP contribution in [0.4, 0.5) is 24.5 Å². The van der Waals surface area contributed by atoms with Crippen molar-refractivity contribution in [3.05, 3.63) is 53.1 Å². The van der Waals surface area contributed by atoms with Gasteiger partial charge in [0.2, 0.25) is 0 Å². The molecule has 146 valence electrons. The second-order valence-electron chi connectivity index (χ2n) is 6.11. The molecular weight excluding hydrogens is 361 g/mol. The summed E-state index contributed by atoms with van der Waals surface area (Å²) in [6.45, 7) is 0.655. The van der Waals surface area contributed by atoms with Crippen molar-refractivity contribution in [3.63, 3.8) is 0 Å². The van der Waals surface area contributed by atoms with Gasteiger partial charge in [0.1, 0.15) is 5.75 Å². The minimum Gasteiger partial charge on any atom is -0.495 e. The van der Waals surface area contributed by atoms with Gasteiger partial charge in [-0.15, -0.1) is 0 Å². The van der Waals surface area contributed by atoms with Gasteiger partial charge in [0.05, 0.1) is 36.7 Å². The minimum absolute atomic E-state index is 0.260. The molecule has 0 amide bonds. The van der Waals surface area contributed by atoms with E-state index >= 15 is 0 Å². The van der Waals surface area contributed by atoms with Crippen LogP contribution in [-0.4, -0.2) is 39.2 Å². The number of anilines is 2. The number of methoxy groups -OCH3 is 2. The summed E-state index contributed by atoms with van der Waals surface area (Å²) in [4.78, 5) is 13.7. The Bertz CT molecular complexity index is 820. The van der Waals surface area contributed by atoms with Gasteiger partial charge in [0.15, 0.2) is 0 Å². The maximum atomic E-state index is 13.6. The number of rotatable bonds is 6. The number of halogens is 3. The highest BCUT2D eigenvalue weighted by Gasteiger charge is 2.38. The van der Waals surface area contributed by atoms with E-state index in [2.05, 4.69) is 10.1 Å². The molecule has 0 spiro atoms. The predicted molar refractivity (Wildman–Crippen MR) is 96.5 cm³/mol.